The highest BCUT2D eigenvalue weighted by atomic mass is 19.1. The molecule has 0 fully saturated rings. The predicted octanol–water partition coefficient (Wildman–Crippen LogP) is 4.17. The van der Waals surface area contributed by atoms with E-state index in [2.05, 4.69) is 6.07 Å². The second-order valence-electron chi connectivity index (χ2n) is 8.18. The van der Waals surface area contributed by atoms with Gasteiger partial charge >= 0.3 is 0 Å². The fourth-order valence-electron chi connectivity index (χ4n) is 4.57. The zero-order chi connectivity index (χ0) is 22.9. The van der Waals surface area contributed by atoms with Crippen LogP contribution in [0, 0.1) is 5.82 Å². The van der Waals surface area contributed by atoms with Crippen molar-refractivity contribution in [1.82, 2.24) is 9.80 Å². The van der Waals surface area contributed by atoms with Crippen molar-refractivity contribution in [3.05, 3.63) is 107 Å². The molecular formula is C27H23FN2O3. The van der Waals surface area contributed by atoms with Crippen LogP contribution in [0.25, 0.3) is 5.57 Å². The van der Waals surface area contributed by atoms with E-state index in [1.54, 1.807) is 25.3 Å². The molecule has 6 heteroatoms. The molecule has 0 unspecified atom stereocenters. The van der Waals surface area contributed by atoms with Gasteiger partial charge in [-0.3, -0.25) is 14.5 Å². The topological polar surface area (TPSA) is 49.9 Å². The minimum absolute atomic E-state index is 0.0975. The zero-order valence-corrected chi connectivity index (χ0v) is 18.3. The van der Waals surface area contributed by atoms with E-state index < -0.39 is 5.82 Å². The Morgan fingerprint density at radius 3 is 2.33 bits per heavy atom. The van der Waals surface area contributed by atoms with Crippen LogP contribution in [0.15, 0.2) is 78.5 Å². The lowest BCUT2D eigenvalue weighted by atomic mass is 9.98. The number of imide groups is 1. The van der Waals surface area contributed by atoms with Gasteiger partial charge in [0, 0.05) is 18.7 Å². The number of fused-ring (bicyclic) bond motifs is 1. The maximum atomic E-state index is 13.7. The van der Waals surface area contributed by atoms with Crippen LogP contribution in [0.3, 0.4) is 0 Å². The molecule has 0 atom stereocenters. The van der Waals surface area contributed by atoms with Crippen LogP contribution in [-0.4, -0.2) is 35.3 Å². The maximum absolute atomic E-state index is 13.7. The third kappa shape index (κ3) is 3.78. The van der Waals surface area contributed by atoms with Gasteiger partial charge < -0.3 is 9.64 Å². The molecule has 2 aliphatic rings. The number of ether oxygens (including phenoxy) is 1. The molecule has 0 spiro atoms. The molecule has 5 nitrogen and oxygen atoms in total. The highest BCUT2D eigenvalue weighted by Crippen LogP contribution is 2.36. The molecule has 2 aliphatic heterocycles. The van der Waals surface area contributed by atoms with E-state index in [0.717, 1.165) is 17.5 Å². The summed E-state index contributed by atoms with van der Waals surface area (Å²) in [5, 5.41) is 0. The van der Waals surface area contributed by atoms with Gasteiger partial charge in [-0.2, -0.15) is 0 Å². The number of amides is 2. The van der Waals surface area contributed by atoms with Gasteiger partial charge in [-0.05, 0) is 41.3 Å². The monoisotopic (exact) mass is 442 g/mol. The number of halogens is 1. The Kier molecular flexibility index (Phi) is 5.42. The third-order valence-corrected chi connectivity index (χ3v) is 6.24. The highest BCUT2D eigenvalue weighted by Gasteiger charge is 2.42. The summed E-state index contributed by atoms with van der Waals surface area (Å²) in [5.41, 5.74) is 4.35. The minimum Gasteiger partial charge on any atom is -0.496 e. The summed E-state index contributed by atoms with van der Waals surface area (Å²) in [6.45, 7) is 1.26. The molecule has 3 aromatic rings. The Hall–Kier alpha value is -3.93. The molecule has 2 heterocycles. The molecule has 0 bridgehead atoms. The summed E-state index contributed by atoms with van der Waals surface area (Å²) in [5.74, 6) is -0.506. The second-order valence-corrected chi connectivity index (χ2v) is 8.18. The molecule has 33 heavy (non-hydrogen) atoms. The molecule has 0 aromatic heterocycles. The number of hydrogen-bond acceptors (Lipinski definition) is 4. The normalized spacial score (nSPS) is 15.8. The van der Waals surface area contributed by atoms with Crippen molar-refractivity contribution >= 4 is 17.4 Å². The van der Waals surface area contributed by atoms with Gasteiger partial charge in [0.05, 0.1) is 19.2 Å². The molecule has 3 aromatic carbocycles. The summed E-state index contributed by atoms with van der Waals surface area (Å²) in [6, 6.07) is 21.2. The predicted molar refractivity (Wildman–Crippen MR) is 122 cm³/mol. The van der Waals surface area contributed by atoms with Gasteiger partial charge in [-0.25, -0.2) is 4.39 Å². The van der Waals surface area contributed by atoms with Crippen molar-refractivity contribution in [3.63, 3.8) is 0 Å². The molecule has 0 N–H and O–H groups in total. The first kappa shape index (κ1) is 20.9. The van der Waals surface area contributed by atoms with Crippen LogP contribution in [0.4, 0.5) is 4.39 Å². The van der Waals surface area contributed by atoms with Crippen molar-refractivity contribution in [2.75, 3.05) is 13.7 Å². The fourth-order valence-corrected chi connectivity index (χ4v) is 4.57. The number of nitrogens with zero attached hydrogens (tertiary/aromatic N) is 2. The van der Waals surface area contributed by atoms with Gasteiger partial charge in [-0.15, -0.1) is 0 Å². The van der Waals surface area contributed by atoms with E-state index >= 15 is 0 Å². The molecule has 0 saturated heterocycles. The van der Waals surface area contributed by atoms with Crippen molar-refractivity contribution in [1.29, 1.82) is 0 Å². The first-order chi connectivity index (χ1) is 16.1. The van der Waals surface area contributed by atoms with E-state index in [-0.39, 0.29) is 18.4 Å². The molecule has 0 aliphatic carbocycles. The van der Waals surface area contributed by atoms with Crippen LogP contribution in [0.5, 0.6) is 5.75 Å². The van der Waals surface area contributed by atoms with Gasteiger partial charge in [0.15, 0.2) is 0 Å². The molecule has 166 valence electrons. The van der Waals surface area contributed by atoms with Crippen molar-refractivity contribution in [2.24, 2.45) is 0 Å². The Morgan fingerprint density at radius 2 is 1.58 bits per heavy atom. The molecule has 2 amide bonds. The number of methoxy groups -OCH3 is 1. The largest absolute Gasteiger partial charge is 0.496 e. The molecule has 5 rings (SSSR count). The fraction of sp³-hybridized carbons (Fsp3) is 0.185. The average molecular weight is 442 g/mol. The number of benzene rings is 3. The summed E-state index contributed by atoms with van der Waals surface area (Å²) in [4.78, 5) is 30.5. The maximum Gasteiger partial charge on any atom is 0.278 e. The van der Waals surface area contributed by atoms with Gasteiger partial charge in [0.2, 0.25) is 0 Å². The summed E-state index contributed by atoms with van der Waals surface area (Å²) in [6.07, 6.45) is 0.782. The third-order valence-electron chi connectivity index (χ3n) is 6.24. The second kappa shape index (κ2) is 8.54. The smallest absolute Gasteiger partial charge is 0.278 e. The Balaban J connectivity index is 1.56. The number of rotatable bonds is 5. The van der Waals surface area contributed by atoms with Crippen LogP contribution in [0.2, 0.25) is 0 Å². The lowest BCUT2D eigenvalue weighted by Gasteiger charge is -2.31. The lowest BCUT2D eigenvalue weighted by molar-refractivity contribution is -0.138. The number of carbonyl (C=O) groups excluding carboxylic acids is 2. The van der Waals surface area contributed by atoms with Crippen LogP contribution < -0.4 is 4.74 Å². The highest BCUT2D eigenvalue weighted by molar-refractivity contribution is 6.35. The molecule has 0 radical (unpaired) electrons. The first-order valence-electron chi connectivity index (χ1n) is 10.9. The summed E-state index contributed by atoms with van der Waals surface area (Å²) in [7, 11) is 1.56. The molecular weight excluding hydrogens is 419 g/mol. The summed E-state index contributed by atoms with van der Waals surface area (Å²) < 4.78 is 19.0. The minimum atomic E-state index is -0.393. The van der Waals surface area contributed by atoms with Gasteiger partial charge in [0.1, 0.15) is 17.3 Å². The van der Waals surface area contributed by atoms with E-state index in [1.165, 1.54) is 22.6 Å². The van der Waals surface area contributed by atoms with E-state index in [0.29, 0.717) is 35.7 Å². The zero-order valence-electron chi connectivity index (χ0n) is 18.3. The molecule has 0 saturated carbocycles. The van der Waals surface area contributed by atoms with E-state index in [9.17, 15) is 14.0 Å². The quantitative estimate of drug-likeness (QED) is 0.557. The first-order valence-corrected chi connectivity index (χ1v) is 10.9. The van der Waals surface area contributed by atoms with Crippen LogP contribution in [-0.2, 0) is 29.1 Å². The SMILES string of the molecule is COc1ccccc1CN1C(=O)C(c2ccc(F)cc2)=C(N2CCc3ccccc3C2)C1=O. The number of carbonyl (C=O) groups is 2. The average Bonchev–Trinajstić information content (AvgIpc) is 3.09. The standard InChI is InChI=1S/C27H23FN2O3/c1-33-23-9-5-4-8-21(23)17-30-26(31)24(19-10-12-22(28)13-11-19)25(27(30)32)29-15-14-18-6-2-3-7-20(18)16-29/h2-13H,14-17H2,1H3. The van der Waals surface area contributed by atoms with Crippen LogP contribution in [0.1, 0.15) is 22.3 Å². The van der Waals surface area contributed by atoms with Crippen molar-refractivity contribution < 1.29 is 18.7 Å². The van der Waals surface area contributed by atoms with E-state index in [1.807, 2.05) is 41.3 Å². The van der Waals surface area contributed by atoms with Gasteiger partial charge in [-0.1, -0.05) is 54.6 Å². The Bertz CT molecular complexity index is 1270. The number of para-hydroxylation sites is 1. The Morgan fingerprint density at radius 1 is 0.879 bits per heavy atom. The van der Waals surface area contributed by atoms with Crippen molar-refractivity contribution in [3.8, 4) is 5.75 Å². The lowest BCUT2D eigenvalue weighted by Crippen LogP contribution is -2.37. The number of hydrogen-bond donors (Lipinski definition) is 0. The Labute approximate surface area is 191 Å². The van der Waals surface area contributed by atoms with Crippen LogP contribution >= 0.6 is 0 Å². The van der Waals surface area contributed by atoms with Gasteiger partial charge in [0.25, 0.3) is 11.8 Å². The summed E-state index contributed by atoms with van der Waals surface area (Å²) >= 11 is 0. The van der Waals surface area contributed by atoms with E-state index in [4.69, 9.17) is 4.74 Å². The van der Waals surface area contributed by atoms with Crippen molar-refractivity contribution in [2.45, 2.75) is 19.5 Å².